The van der Waals surface area contributed by atoms with Crippen molar-refractivity contribution in [3.63, 3.8) is 0 Å². The summed E-state index contributed by atoms with van der Waals surface area (Å²) in [4.78, 5) is 4.38. The van der Waals surface area contributed by atoms with Crippen LogP contribution in [0.4, 0.5) is 17.5 Å². The lowest BCUT2D eigenvalue weighted by Gasteiger charge is -2.09. The molecule has 2 rings (SSSR count). The molecule has 0 amide bonds. The second-order valence-electron chi connectivity index (χ2n) is 5.03. The molecule has 20 heavy (non-hydrogen) atoms. The summed E-state index contributed by atoms with van der Waals surface area (Å²) in [6, 6.07) is 6.04. The third-order valence-electron chi connectivity index (χ3n) is 2.66. The average Bonchev–Trinajstić information content (AvgIpc) is 2.41. The van der Waals surface area contributed by atoms with Crippen LogP contribution in [0.3, 0.4) is 0 Å². The Hall–Kier alpha value is -1.69. The molecule has 0 saturated carbocycles. The Labute approximate surface area is 127 Å². The number of aryl methyl sites for hydroxylation is 1. The Bertz CT molecular complexity index is 586. The predicted molar refractivity (Wildman–Crippen MR) is 85.3 cm³/mol. The monoisotopic (exact) mass is 335 g/mol. The molecule has 0 aliphatic heterocycles. The molecule has 0 radical (unpaired) electrons. The van der Waals surface area contributed by atoms with E-state index < -0.39 is 0 Å². The summed E-state index contributed by atoms with van der Waals surface area (Å²) in [6.07, 6.45) is 1.61. The van der Waals surface area contributed by atoms with E-state index >= 15 is 0 Å². The lowest BCUT2D eigenvalue weighted by atomic mass is 10.2. The molecule has 1 aromatic heterocycles. The van der Waals surface area contributed by atoms with Crippen molar-refractivity contribution in [1.82, 2.24) is 15.2 Å². The van der Waals surface area contributed by atoms with E-state index in [0.29, 0.717) is 17.7 Å². The Morgan fingerprint density at radius 2 is 2.10 bits per heavy atom. The van der Waals surface area contributed by atoms with Crippen molar-refractivity contribution < 1.29 is 0 Å². The van der Waals surface area contributed by atoms with Crippen LogP contribution in [-0.2, 0) is 0 Å². The van der Waals surface area contributed by atoms with Crippen molar-refractivity contribution in [2.75, 3.05) is 17.2 Å². The molecule has 2 N–H and O–H groups in total. The fraction of sp³-hybridized carbons (Fsp3) is 0.357. The van der Waals surface area contributed by atoms with Gasteiger partial charge in [-0.15, -0.1) is 5.10 Å². The summed E-state index contributed by atoms with van der Waals surface area (Å²) in [5, 5.41) is 14.3. The van der Waals surface area contributed by atoms with Crippen molar-refractivity contribution in [3.8, 4) is 0 Å². The van der Waals surface area contributed by atoms with Crippen LogP contribution >= 0.6 is 15.9 Å². The van der Waals surface area contributed by atoms with Crippen LogP contribution in [0.1, 0.15) is 19.4 Å². The molecule has 0 unspecified atom stereocenters. The summed E-state index contributed by atoms with van der Waals surface area (Å²) in [7, 11) is 0. The first-order chi connectivity index (χ1) is 9.54. The van der Waals surface area contributed by atoms with E-state index in [9.17, 15) is 0 Å². The highest BCUT2D eigenvalue weighted by molar-refractivity contribution is 9.10. The van der Waals surface area contributed by atoms with Gasteiger partial charge in [-0.2, -0.15) is 10.1 Å². The maximum absolute atomic E-state index is 4.38. The molecular weight excluding hydrogens is 318 g/mol. The summed E-state index contributed by atoms with van der Waals surface area (Å²) >= 11 is 3.48. The van der Waals surface area contributed by atoms with Crippen molar-refractivity contribution in [2.45, 2.75) is 20.8 Å². The molecule has 0 atom stereocenters. The number of benzene rings is 1. The van der Waals surface area contributed by atoms with Crippen LogP contribution in [0, 0.1) is 12.8 Å². The quantitative estimate of drug-likeness (QED) is 0.871. The molecule has 1 aromatic carbocycles. The van der Waals surface area contributed by atoms with Crippen molar-refractivity contribution >= 4 is 33.4 Å². The van der Waals surface area contributed by atoms with E-state index in [1.807, 2.05) is 25.1 Å². The van der Waals surface area contributed by atoms with Gasteiger partial charge in [-0.25, -0.2) is 0 Å². The number of anilines is 3. The number of aromatic nitrogens is 3. The Morgan fingerprint density at radius 1 is 1.30 bits per heavy atom. The molecule has 5 nitrogen and oxygen atoms in total. The zero-order chi connectivity index (χ0) is 14.5. The second kappa shape index (κ2) is 6.65. The van der Waals surface area contributed by atoms with Gasteiger partial charge in [-0.3, -0.25) is 0 Å². The summed E-state index contributed by atoms with van der Waals surface area (Å²) < 4.78 is 1.09. The van der Waals surface area contributed by atoms with Crippen LogP contribution in [-0.4, -0.2) is 21.7 Å². The predicted octanol–water partition coefficient (Wildman–Crippen LogP) is 3.75. The van der Waals surface area contributed by atoms with Crippen molar-refractivity contribution in [2.24, 2.45) is 5.92 Å². The molecule has 106 valence electrons. The molecule has 0 aliphatic carbocycles. The van der Waals surface area contributed by atoms with E-state index in [-0.39, 0.29) is 0 Å². The minimum atomic E-state index is 0.532. The number of hydrogen-bond acceptors (Lipinski definition) is 5. The third-order valence-corrected chi connectivity index (χ3v) is 3.55. The standard InChI is InChI=1S/C14H18BrN5/c1-9(2)7-16-14-19-13(8-17-20-14)18-11-4-5-12(15)10(3)6-11/h4-6,8-9H,7H2,1-3H3,(H2,16,18,19,20). The lowest BCUT2D eigenvalue weighted by Crippen LogP contribution is -2.11. The van der Waals surface area contributed by atoms with Gasteiger partial charge in [-0.05, 0) is 36.6 Å². The van der Waals surface area contributed by atoms with Gasteiger partial charge in [-0.1, -0.05) is 29.8 Å². The van der Waals surface area contributed by atoms with Gasteiger partial charge in [0.05, 0.1) is 6.20 Å². The maximum Gasteiger partial charge on any atom is 0.244 e. The van der Waals surface area contributed by atoms with Crippen LogP contribution in [0.5, 0.6) is 0 Å². The number of nitrogens with one attached hydrogen (secondary N) is 2. The minimum Gasteiger partial charge on any atom is -0.353 e. The van der Waals surface area contributed by atoms with Gasteiger partial charge in [0.2, 0.25) is 5.95 Å². The molecule has 0 bridgehead atoms. The highest BCUT2D eigenvalue weighted by Crippen LogP contribution is 2.22. The summed E-state index contributed by atoms with van der Waals surface area (Å²) in [5.74, 6) is 1.75. The minimum absolute atomic E-state index is 0.532. The molecule has 0 saturated heterocycles. The second-order valence-corrected chi connectivity index (χ2v) is 5.88. The number of hydrogen-bond donors (Lipinski definition) is 2. The fourth-order valence-electron chi connectivity index (χ4n) is 1.60. The smallest absolute Gasteiger partial charge is 0.244 e. The largest absolute Gasteiger partial charge is 0.353 e. The molecular formula is C14H18BrN5. The van der Waals surface area contributed by atoms with Crippen LogP contribution in [0.15, 0.2) is 28.9 Å². The Kier molecular flexibility index (Phi) is 4.89. The van der Waals surface area contributed by atoms with Gasteiger partial charge in [0.25, 0.3) is 0 Å². The zero-order valence-corrected chi connectivity index (χ0v) is 13.4. The average molecular weight is 336 g/mol. The molecule has 0 aliphatic rings. The van der Waals surface area contributed by atoms with E-state index in [1.54, 1.807) is 6.20 Å². The van der Waals surface area contributed by atoms with Crippen molar-refractivity contribution in [1.29, 1.82) is 0 Å². The fourth-order valence-corrected chi connectivity index (χ4v) is 1.85. The van der Waals surface area contributed by atoms with Crippen LogP contribution in [0.2, 0.25) is 0 Å². The van der Waals surface area contributed by atoms with E-state index in [2.05, 4.69) is 55.6 Å². The lowest BCUT2D eigenvalue weighted by molar-refractivity contribution is 0.682. The third kappa shape index (κ3) is 4.16. The van der Waals surface area contributed by atoms with E-state index in [1.165, 1.54) is 0 Å². The van der Waals surface area contributed by atoms with Gasteiger partial charge in [0.1, 0.15) is 0 Å². The highest BCUT2D eigenvalue weighted by atomic mass is 79.9. The molecule has 2 aromatic rings. The first-order valence-corrected chi connectivity index (χ1v) is 7.30. The van der Waals surface area contributed by atoms with Crippen LogP contribution in [0.25, 0.3) is 0 Å². The summed E-state index contributed by atoms with van der Waals surface area (Å²) in [6.45, 7) is 7.13. The zero-order valence-electron chi connectivity index (χ0n) is 11.8. The first-order valence-electron chi connectivity index (χ1n) is 6.51. The summed E-state index contributed by atoms with van der Waals surface area (Å²) in [5.41, 5.74) is 2.14. The molecule has 0 spiro atoms. The number of rotatable bonds is 5. The van der Waals surface area contributed by atoms with Gasteiger partial charge < -0.3 is 10.6 Å². The van der Waals surface area contributed by atoms with Crippen molar-refractivity contribution in [3.05, 3.63) is 34.4 Å². The Morgan fingerprint density at radius 3 is 2.80 bits per heavy atom. The van der Waals surface area contributed by atoms with Gasteiger partial charge in [0.15, 0.2) is 5.82 Å². The SMILES string of the molecule is Cc1cc(Nc2cnnc(NCC(C)C)n2)ccc1Br. The van der Waals surface area contributed by atoms with E-state index in [0.717, 1.165) is 22.3 Å². The van der Waals surface area contributed by atoms with Gasteiger partial charge in [0, 0.05) is 16.7 Å². The van der Waals surface area contributed by atoms with Crippen LogP contribution < -0.4 is 10.6 Å². The normalized spacial score (nSPS) is 10.7. The number of nitrogens with zero attached hydrogens (tertiary/aromatic N) is 3. The molecule has 0 fully saturated rings. The number of halogens is 1. The molecule has 1 heterocycles. The molecule has 6 heteroatoms. The maximum atomic E-state index is 4.38. The first kappa shape index (κ1) is 14.7. The van der Waals surface area contributed by atoms with E-state index in [4.69, 9.17) is 0 Å². The highest BCUT2D eigenvalue weighted by Gasteiger charge is 2.03. The Balaban J connectivity index is 2.08. The van der Waals surface area contributed by atoms with Gasteiger partial charge >= 0.3 is 0 Å². The topological polar surface area (TPSA) is 62.7 Å².